The van der Waals surface area contributed by atoms with Crippen molar-refractivity contribution < 1.29 is 8.42 Å². The number of pyridine rings is 1. The molecule has 0 N–H and O–H groups in total. The van der Waals surface area contributed by atoms with Crippen molar-refractivity contribution in [1.29, 1.82) is 0 Å². The van der Waals surface area contributed by atoms with Gasteiger partial charge in [-0.15, -0.1) is 0 Å². The van der Waals surface area contributed by atoms with Gasteiger partial charge in [-0.2, -0.15) is 0 Å². The molecule has 3 rings (SSSR count). The fourth-order valence-corrected chi connectivity index (χ4v) is 4.29. The Morgan fingerprint density at radius 1 is 0.966 bits per heavy atom. The molecule has 0 atom stereocenters. The van der Waals surface area contributed by atoms with Gasteiger partial charge in [0.2, 0.25) is 15.0 Å². The summed E-state index contributed by atoms with van der Waals surface area (Å²) in [7, 11) is -3.39. The topological polar surface area (TPSA) is 68.1 Å². The molecule has 29 heavy (non-hydrogen) atoms. The second-order valence-corrected chi connectivity index (χ2v) is 9.15. The second kappa shape index (κ2) is 9.80. The molecule has 1 aromatic carbocycles. The first-order valence-corrected chi connectivity index (χ1v) is 11.6. The Labute approximate surface area is 173 Å². The molecule has 0 amide bonds. The minimum absolute atomic E-state index is 0.0449. The van der Waals surface area contributed by atoms with Crippen LogP contribution in [0.15, 0.2) is 66.2 Å². The van der Waals surface area contributed by atoms with E-state index in [1.807, 2.05) is 34.9 Å². The molecular weight excluding hydrogens is 384 g/mol. The van der Waals surface area contributed by atoms with Gasteiger partial charge >= 0.3 is 0 Å². The van der Waals surface area contributed by atoms with Crippen LogP contribution in [0, 0.1) is 0 Å². The molecule has 2 aromatic heterocycles. The van der Waals surface area contributed by atoms with Crippen molar-refractivity contribution in [3.05, 3.63) is 77.9 Å². The summed E-state index contributed by atoms with van der Waals surface area (Å²) in [6, 6.07) is 14.1. The zero-order chi connectivity index (χ0) is 20.7. The third-order valence-corrected chi connectivity index (χ3v) is 6.66. The van der Waals surface area contributed by atoms with E-state index < -0.39 is 9.84 Å². The van der Waals surface area contributed by atoms with Gasteiger partial charge in [-0.3, -0.25) is 9.88 Å². The Bertz CT molecular complexity index is 1000. The van der Waals surface area contributed by atoms with Gasteiger partial charge in [0.25, 0.3) is 0 Å². The smallest absolute Gasteiger partial charge is 0.227 e. The Morgan fingerprint density at radius 2 is 1.69 bits per heavy atom. The zero-order valence-electron chi connectivity index (χ0n) is 17.0. The van der Waals surface area contributed by atoms with Gasteiger partial charge in [0.05, 0.1) is 17.6 Å². The molecule has 6 nitrogen and oxygen atoms in total. The third-order valence-electron chi connectivity index (χ3n) is 5.02. The summed E-state index contributed by atoms with van der Waals surface area (Å²) in [4.78, 5) is 10.6. The van der Waals surface area contributed by atoms with Crippen LogP contribution in [-0.4, -0.2) is 40.2 Å². The average Bonchev–Trinajstić information content (AvgIpc) is 3.16. The molecule has 0 bridgehead atoms. The van der Waals surface area contributed by atoms with Crippen LogP contribution in [0.3, 0.4) is 0 Å². The minimum Gasteiger partial charge on any atom is -0.317 e. The van der Waals surface area contributed by atoms with Crippen molar-refractivity contribution in [2.75, 3.05) is 12.3 Å². The van der Waals surface area contributed by atoms with Crippen LogP contribution in [0.1, 0.15) is 30.7 Å². The van der Waals surface area contributed by atoms with Gasteiger partial charge in [-0.25, -0.2) is 13.4 Å². The van der Waals surface area contributed by atoms with Crippen LogP contribution in [-0.2, 0) is 35.9 Å². The molecule has 0 unspecified atom stereocenters. The summed E-state index contributed by atoms with van der Waals surface area (Å²) in [6.45, 7) is 6.62. The lowest BCUT2D eigenvalue weighted by atomic mass is 10.1. The van der Waals surface area contributed by atoms with Crippen molar-refractivity contribution in [3.63, 3.8) is 0 Å². The molecule has 3 aromatic rings. The predicted molar refractivity (Wildman–Crippen MR) is 114 cm³/mol. The van der Waals surface area contributed by atoms with Gasteiger partial charge in [0.1, 0.15) is 0 Å². The number of benzene rings is 1. The minimum atomic E-state index is -3.39. The SMILES string of the molecule is CCN(Cc1ccncc1)Cc1cnc(S(=O)(=O)CC)n1CCc1ccccc1. The fourth-order valence-electron chi connectivity index (χ4n) is 3.28. The summed E-state index contributed by atoms with van der Waals surface area (Å²) >= 11 is 0. The van der Waals surface area contributed by atoms with E-state index in [0.29, 0.717) is 13.1 Å². The number of hydrogen-bond acceptors (Lipinski definition) is 5. The number of sulfone groups is 1. The molecule has 154 valence electrons. The molecule has 2 heterocycles. The molecule has 0 spiro atoms. The van der Waals surface area contributed by atoms with Crippen LogP contribution in [0.5, 0.6) is 0 Å². The molecule has 0 saturated carbocycles. The average molecular weight is 413 g/mol. The van der Waals surface area contributed by atoms with Crippen LogP contribution in [0.2, 0.25) is 0 Å². The van der Waals surface area contributed by atoms with E-state index in [4.69, 9.17) is 0 Å². The van der Waals surface area contributed by atoms with E-state index in [1.54, 1.807) is 25.5 Å². The number of aryl methyl sites for hydroxylation is 1. The van der Waals surface area contributed by atoms with Gasteiger partial charge in [-0.05, 0) is 36.2 Å². The largest absolute Gasteiger partial charge is 0.317 e. The molecule has 0 aliphatic heterocycles. The van der Waals surface area contributed by atoms with Crippen molar-refractivity contribution in [2.24, 2.45) is 0 Å². The summed E-state index contributed by atoms with van der Waals surface area (Å²) in [6.07, 6.45) is 6.05. The van der Waals surface area contributed by atoms with Gasteiger partial charge < -0.3 is 4.57 Å². The Balaban J connectivity index is 1.84. The molecular formula is C22H28N4O2S. The highest BCUT2D eigenvalue weighted by atomic mass is 32.2. The first kappa shape index (κ1) is 21.2. The lowest BCUT2D eigenvalue weighted by Gasteiger charge is -2.21. The predicted octanol–water partition coefficient (Wildman–Crippen LogP) is 3.34. The highest BCUT2D eigenvalue weighted by molar-refractivity contribution is 7.91. The van der Waals surface area contributed by atoms with E-state index >= 15 is 0 Å². The molecule has 0 saturated heterocycles. The van der Waals surface area contributed by atoms with Crippen molar-refractivity contribution in [3.8, 4) is 0 Å². The second-order valence-electron chi connectivity index (χ2n) is 6.98. The van der Waals surface area contributed by atoms with Crippen LogP contribution in [0.25, 0.3) is 0 Å². The normalized spacial score (nSPS) is 11.8. The lowest BCUT2D eigenvalue weighted by Crippen LogP contribution is -2.25. The highest BCUT2D eigenvalue weighted by Crippen LogP contribution is 2.17. The maximum absolute atomic E-state index is 12.6. The summed E-state index contributed by atoms with van der Waals surface area (Å²) < 4.78 is 27.1. The van der Waals surface area contributed by atoms with Gasteiger partial charge in [0.15, 0.2) is 0 Å². The molecule has 7 heteroatoms. The molecule has 0 radical (unpaired) electrons. The van der Waals surface area contributed by atoms with Crippen molar-refractivity contribution in [2.45, 2.75) is 45.1 Å². The van der Waals surface area contributed by atoms with Crippen molar-refractivity contribution >= 4 is 9.84 Å². The monoisotopic (exact) mass is 412 g/mol. The Hall–Kier alpha value is -2.51. The first-order valence-electron chi connectivity index (χ1n) is 9.95. The van der Waals surface area contributed by atoms with E-state index in [0.717, 1.165) is 25.2 Å². The number of aromatic nitrogens is 3. The van der Waals surface area contributed by atoms with Gasteiger partial charge in [0, 0.05) is 32.0 Å². The maximum atomic E-state index is 12.6. The standard InChI is InChI=1S/C22H28N4O2S/c1-3-25(17-20-10-13-23-14-11-20)18-21-16-24-22(29(27,28)4-2)26(21)15-12-19-8-6-5-7-9-19/h5-11,13-14,16H,3-4,12,15,17-18H2,1-2H3. The number of hydrogen-bond donors (Lipinski definition) is 0. The first-order chi connectivity index (χ1) is 14.0. The highest BCUT2D eigenvalue weighted by Gasteiger charge is 2.22. The summed E-state index contributed by atoms with van der Waals surface area (Å²) in [5, 5.41) is 0.172. The van der Waals surface area contributed by atoms with E-state index in [-0.39, 0.29) is 10.9 Å². The Morgan fingerprint density at radius 3 is 2.34 bits per heavy atom. The summed E-state index contributed by atoms with van der Waals surface area (Å²) in [5.41, 5.74) is 3.28. The fraction of sp³-hybridized carbons (Fsp3) is 0.364. The molecule has 0 fully saturated rings. The van der Waals surface area contributed by atoms with Crippen LogP contribution >= 0.6 is 0 Å². The number of rotatable bonds is 10. The summed E-state index contributed by atoms with van der Waals surface area (Å²) in [5.74, 6) is 0.0449. The third kappa shape index (κ3) is 5.52. The zero-order valence-corrected chi connectivity index (χ0v) is 17.8. The van der Waals surface area contributed by atoms with Gasteiger partial charge in [-0.1, -0.05) is 44.2 Å². The van der Waals surface area contributed by atoms with E-state index in [9.17, 15) is 8.42 Å². The van der Waals surface area contributed by atoms with E-state index in [1.165, 1.54) is 11.1 Å². The number of imidazole rings is 1. The quantitative estimate of drug-likeness (QED) is 0.511. The van der Waals surface area contributed by atoms with E-state index in [2.05, 4.69) is 33.9 Å². The van der Waals surface area contributed by atoms with Crippen LogP contribution in [0.4, 0.5) is 0 Å². The van der Waals surface area contributed by atoms with Crippen LogP contribution < -0.4 is 0 Å². The Kier molecular flexibility index (Phi) is 7.17. The maximum Gasteiger partial charge on any atom is 0.227 e. The molecule has 0 aliphatic rings. The molecule has 0 aliphatic carbocycles. The van der Waals surface area contributed by atoms with Crippen molar-refractivity contribution in [1.82, 2.24) is 19.4 Å². The number of nitrogens with zero attached hydrogens (tertiary/aromatic N) is 4. The lowest BCUT2D eigenvalue weighted by molar-refractivity contribution is 0.262.